The summed E-state index contributed by atoms with van der Waals surface area (Å²) in [6.45, 7) is 0. The first kappa shape index (κ1) is 15.7. The van der Waals surface area contributed by atoms with Crippen molar-refractivity contribution in [3.63, 3.8) is 0 Å². The largest absolute Gasteiger partial charge is 0.147 e. The van der Waals surface area contributed by atoms with Gasteiger partial charge in [-0.2, -0.15) is 0 Å². The van der Waals surface area contributed by atoms with E-state index in [0.717, 1.165) is 0 Å². The third-order valence-electron chi connectivity index (χ3n) is 3.48. The minimum absolute atomic E-state index is 0.407. The van der Waals surface area contributed by atoms with E-state index < -0.39 is 0 Å². The quantitative estimate of drug-likeness (QED) is 0.327. The van der Waals surface area contributed by atoms with Gasteiger partial charge >= 0.3 is 0 Å². The highest BCUT2D eigenvalue weighted by molar-refractivity contribution is 8.00. The Labute approximate surface area is 156 Å². The highest BCUT2D eigenvalue weighted by Crippen LogP contribution is 2.51. The van der Waals surface area contributed by atoms with E-state index in [9.17, 15) is 0 Å². The van der Waals surface area contributed by atoms with Gasteiger partial charge in [0.2, 0.25) is 0 Å². The third-order valence-corrected chi connectivity index (χ3v) is 9.38. The zero-order valence-electron chi connectivity index (χ0n) is 12.1. The summed E-state index contributed by atoms with van der Waals surface area (Å²) in [6, 6.07) is 17.7. The molecule has 4 aromatic heterocycles. The second-order valence-electron chi connectivity index (χ2n) is 4.96. The van der Waals surface area contributed by atoms with Gasteiger partial charge in [0, 0.05) is 19.5 Å². The Balaban J connectivity index is 1.71. The molecule has 116 valence electrons. The molecule has 0 aliphatic carbocycles. The highest BCUT2D eigenvalue weighted by atomic mass is 32.2. The molecule has 0 bridgehead atoms. The molecule has 0 unspecified atom stereocenters. The summed E-state index contributed by atoms with van der Waals surface area (Å²) in [5.41, 5.74) is 0. The Bertz CT molecular complexity index is 656. The zero-order valence-corrected chi connectivity index (χ0v) is 16.2. The van der Waals surface area contributed by atoms with Gasteiger partial charge in [-0.25, -0.2) is 0 Å². The van der Waals surface area contributed by atoms with E-state index in [4.69, 9.17) is 0 Å². The molecule has 4 aromatic rings. The number of thiophene rings is 4. The van der Waals surface area contributed by atoms with Crippen LogP contribution in [0.15, 0.2) is 70.1 Å². The summed E-state index contributed by atoms with van der Waals surface area (Å²) in [5, 5.41) is 9.54. The SMILES string of the molecule is c1csc(C(SC(c2cccs2)c2cccs2)c2cccs2)c1. The van der Waals surface area contributed by atoms with Crippen molar-refractivity contribution in [1.82, 2.24) is 0 Å². The van der Waals surface area contributed by atoms with E-state index >= 15 is 0 Å². The van der Waals surface area contributed by atoms with Gasteiger partial charge in [0.05, 0.1) is 10.5 Å². The molecule has 0 nitrogen and oxygen atoms in total. The maximum Gasteiger partial charge on any atom is 0.0743 e. The fourth-order valence-corrected chi connectivity index (χ4v) is 7.94. The van der Waals surface area contributed by atoms with Crippen molar-refractivity contribution in [3.8, 4) is 0 Å². The lowest BCUT2D eigenvalue weighted by Gasteiger charge is -2.20. The summed E-state index contributed by atoms with van der Waals surface area (Å²) in [4.78, 5) is 5.76. The summed E-state index contributed by atoms with van der Waals surface area (Å²) in [7, 11) is 0. The predicted octanol–water partition coefficient (Wildman–Crippen LogP) is 7.54. The van der Waals surface area contributed by atoms with Crippen LogP contribution in [0, 0.1) is 0 Å². The van der Waals surface area contributed by atoms with Gasteiger partial charge in [-0.15, -0.1) is 57.1 Å². The van der Waals surface area contributed by atoms with Gasteiger partial charge in [0.1, 0.15) is 0 Å². The average Bonchev–Trinajstić information content (AvgIpc) is 3.35. The fourth-order valence-electron chi connectivity index (χ4n) is 2.45. The number of thioether (sulfide) groups is 1. The van der Waals surface area contributed by atoms with Crippen molar-refractivity contribution in [1.29, 1.82) is 0 Å². The molecule has 0 amide bonds. The number of rotatable bonds is 6. The molecule has 0 fully saturated rings. The number of hydrogen-bond donors (Lipinski definition) is 0. The van der Waals surface area contributed by atoms with E-state index in [2.05, 4.69) is 81.8 Å². The van der Waals surface area contributed by atoms with Crippen LogP contribution in [0.1, 0.15) is 30.0 Å². The molecule has 4 rings (SSSR count). The van der Waals surface area contributed by atoms with Crippen LogP contribution in [0.2, 0.25) is 0 Å². The fraction of sp³-hybridized carbons (Fsp3) is 0.111. The van der Waals surface area contributed by atoms with E-state index in [1.807, 2.05) is 45.3 Å². The topological polar surface area (TPSA) is 0 Å². The van der Waals surface area contributed by atoms with Crippen molar-refractivity contribution >= 4 is 57.1 Å². The van der Waals surface area contributed by atoms with Gasteiger partial charge < -0.3 is 0 Å². The van der Waals surface area contributed by atoms with Crippen LogP contribution in [-0.4, -0.2) is 0 Å². The van der Waals surface area contributed by atoms with E-state index in [1.165, 1.54) is 19.5 Å². The smallest absolute Gasteiger partial charge is 0.0743 e. The Morgan fingerprint density at radius 3 is 1.04 bits per heavy atom. The lowest BCUT2D eigenvalue weighted by molar-refractivity contribution is 1.19. The molecule has 0 N–H and O–H groups in total. The lowest BCUT2D eigenvalue weighted by atomic mass is 10.3. The average molecular weight is 391 g/mol. The first-order valence-corrected chi connectivity index (χ1v) is 11.7. The van der Waals surface area contributed by atoms with Crippen LogP contribution in [0.5, 0.6) is 0 Å². The minimum atomic E-state index is 0.407. The summed E-state index contributed by atoms with van der Waals surface area (Å²) in [5.74, 6) is 0. The van der Waals surface area contributed by atoms with Crippen molar-refractivity contribution < 1.29 is 0 Å². The summed E-state index contributed by atoms with van der Waals surface area (Å²) < 4.78 is 0. The van der Waals surface area contributed by atoms with Gasteiger partial charge in [-0.3, -0.25) is 0 Å². The zero-order chi connectivity index (χ0) is 15.5. The summed E-state index contributed by atoms with van der Waals surface area (Å²) >= 11 is 9.50. The first-order valence-electron chi connectivity index (χ1n) is 7.21. The molecule has 0 saturated carbocycles. The molecule has 0 aliphatic heterocycles. The standard InChI is InChI=1S/C18H14S5/c1-5-13(19-9-1)17(14-6-2-10-20-14)23-18(15-7-3-11-21-15)16-8-4-12-22-16/h1-12,17-18H. The molecule has 4 heterocycles. The van der Waals surface area contributed by atoms with Gasteiger partial charge in [0.15, 0.2) is 0 Å². The molecule has 0 atom stereocenters. The molecular weight excluding hydrogens is 377 g/mol. The maximum absolute atomic E-state index is 2.27. The molecule has 0 spiro atoms. The molecule has 23 heavy (non-hydrogen) atoms. The normalized spacial score (nSPS) is 11.6. The molecular formula is C18H14S5. The number of hydrogen-bond acceptors (Lipinski definition) is 5. The van der Waals surface area contributed by atoms with Gasteiger partial charge in [-0.1, -0.05) is 24.3 Å². The Hall–Kier alpha value is -0.850. The first-order chi connectivity index (χ1) is 11.4. The van der Waals surface area contributed by atoms with E-state index in [-0.39, 0.29) is 0 Å². The van der Waals surface area contributed by atoms with Gasteiger partial charge in [-0.05, 0) is 45.8 Å². The monoisotopic (exact) mass is 390 g/mol. The molecule has 0 radical (unpaired) electrons. The van der Waals surface area contributed by atoms with Crippen LogP contribution in [0.4, 0.5) is 0 Å². The van der Waals surface area contributed by atoms with Crippen molar-refractivity contribution in [3.05, 3.63) is 89.6 Å². The predicted molar refractivity (Wildman–Crippen MR) is 109 cm³/mol. The van der Waals surface area contributed by atoms with Crippen LogP contribution in [-0.2, 0) is 0 Å². The Morgan fingerprint density at radius 2 is 0.826 bits per heavy atom. The second-order valence-corrected chi connectivity index (χ2v) is 10.1. The third kappa shape index (κ3) is 3.49. The minimum Gasteiger partial charge on any atom is -0.147 e. The van der Waals surface area contributed by atoms with E-state index in [1.54, 1.807) is 0 Å². The van der Waals surface area contributed by atoms with Crippen LogP contribution in [0.25, 0.3) is 0 Å². The Morgan fingerprint density at radius 1 is 0.522 bits per heavy atom. The van der Waals surface area contributed by atoms with Crippen LogP contribution < -0.4 is 0 Å². The summed E-state index contributed by atoms with van der Waals surface area (Å²) in [6.07, 6.45) is 0. The van der Waals surface area contributed by atoms with Crippen molar-refractivity contribution in [2.45, 2.75) is 10.5 Å². The van der Waals surface area contributed by atoms with Crippen LogP contribution >= 0.6 is 57.1 Å². The molecule has 0 aliphatic rings. The second kappa shape index (κ2) is 7.36. The molecule has 0 saturated heterocycles. The van der Waals surface area contributed by atoms with Gasteiger partial charge in [0.25, 0.3) is 0 Å². The lowest BCUT2D eigenvalue weighted by Crippen LogP contribution is -1.98. The van der Waals surface area contributed by atoms with Crippen molar-refractivity contribution in [2.24, 2.45) is 0 Å². The molecule has 0 aromatic carbocycles. The highest BCUT2D eigenvalue weighted by Gasteiger charge is 2.25. The maximum atomic E-state index is 2.27. The molecule has 5 heteroatoms. The Kier molecular flexibility index (Phi) is 5.01. The van der Waals surface area contributed by atoms with Crippen LogP contribution in [0.3, 0.4) is 0 Å². The van der Waals surface area contributed by atoms with E-state index in [0.29, 0.717) is 10.5 Å². The van der Waals surface area contributed by atoms with Crippen molar-refractivity contribution in [2.75, 3.05) is 0 Å².